The minimum Gasteiger partial charge on any atom is -0.287 e. The van der Waals surface area contributed by atoms with Gasteiger partial charge in [0.25, 0.3) is 0 Å². The van der Waals surface area contributed by atoms with Crippen LogP contribution in [-0.2, 0) is 7.05 Å². The molecule has 2 aromatic rings. The average Bonchev–Trinajstić information content (AvgIpc) is 2.58. The number of nitrogens with zero attached hydrogens (tertiary/aromatic N) is 2. The summed E-state index contributed by atoms with van der Waals surface area (Å²) in [7, 11) is 1.58. The largest absolute Gasteiger partial charge is 0.287 e. The Morgan fingerprint density at radius 3 is 2.76 bits per heavy atom. The molecule has 0 amide bonds. The van der Waals surface area contributed by atoms with Crippen LogP contribution >= 0.6 is 27.5 Å². The van der Waals surface area contributed by atoms with Gasteiger partial charge in [-0.25, -0.2) is 4.39 Å². The van der Waals surface area contributed by atoms with Gasteiger partial charge in [0, 0.05) is 11.5 Å². The van der Waals surface area contributed by atoms with Crippen LogP contribution in [-0.4, -0.2) is 15.6 Å². The van der Waals surface area contributed by atoms with Crippen LogP contribution < -0.4 is 0 Å². The zero-order valence-corrected chi connectivity index (χ0v) is 11.1. The van der Waals surface area contributed by atoms with E-state index >= 15 is 0 Å². The topological polar surface area (TPSA) is 34.9 Å². The molecule has 0 aliphatic rings. The molecule has 0 aliphatic heterocycles. The summed E-state index contributed by atoms with van der Waals surface area (Å²) in [5.74, 6) is -1.08. The molecule has 88 valence electrons. The monoisotopic (exact) mass is 316 g/mol. The smallest absolute Gasteiger partial charge is 0.215 e. The maximum Gasteiger partial charge on any atom is 0.215 e. The van der Waals surface area contributed by atoms with Crippen LogP contribution in [0.3, 0.4) is 0 Å². The summed E-state index contributed by atoms with van der Waals surface area (Å²) in [6.45, 7) is 0. The number of aromatic nitrogens is 2. The molecule has 6 heteroatoms. The first-order chi connectivity index (χ1) is 8.00. The van der Waals surface area contributed by atoms with Gasteiger partial charge in [0.05, 0.1) is 16.8 Å². The Morgan fingerprint density at radius 1 is 1.53 bits per heavy atom. The van der Waals surface area contributed by atoms with Crippen molar-refractivity contribution >= 4 is 33.3 Å². The van der Waals surface area contributed by atoms with Gasteiger partial charge in [0.15, 0.2) is 0 Å². The van der Waals surface area contributed by atoms with Crippen molar-refractivity contribution in [3.63, 3.8) is 0 Å². The Balaban J connectivity index is 2.51. The highest BCUT2D eigenvalue weighted by Crippen LogP contribution is 2.22. The molecule has 1 aromatic carbocycles. The highest BCUT2D eigenvalue weighted by atomic mass is 79.9. The Morgan fingerprint density at radius 2 is 2.24 bits per heavy atom. The second kappa shape index (κ2) is 4.58. The van der Waals surface area contributed by atoms with E-state index in [1.807, 2.05) is 0 Å². The lowest BCUT2D eigenvalue weighted by molar-refractivity contribution is 0.102. The number of ketones is 1. The van der Waals surface area contributed by atoms with Crippen molar-refractivity contribution in [2.45, 2.75) is 0 Å². The Labute approximate surface area is 110 Å². The fourth-order valence-corrected chi connectivity index (χ4v) is 2.05. The van der Waals surface area contributed by atoms with Crippen LogP contribution in [0.5, 0.6) is 0 Å². The lowest BCUT2D eigenvalue weighted by atomic mass is 10.1. The molecule has 2 rings (SSSR count). The first-order valence-corrected chi connectivity index (χ1v) is 5.85. The molecule has 0 saturated carbocycles. The number of hydrogen-bond acceptors (Lipinski definition) is 2. The predicted octanol–water partition coefficient (Wildman–Crippen LogP) is 3.21. The van der Waals surface area contributed by atoms with Crippen molar-refractivity contribution in [1.29, 1.82) is 0 Å². The maximum absolute atomic E-state index is 13.6. The second-order valence-corrected chi connectivity index (χ2v) is 4.74. The zero-order chi connectivity index (χ0) is 12.6. The summed E-state index contributed by atoms with van der Waals surface area (Å²) in [4.78, 5) is 12.1. The van der Waals surface area contributed by atoms with E-state index in [1.165, 1.54) is 23.0 Å². The number of carbonyl (C=O) groups excluding carboxylic acids is 1. The lowest BCUT2D eigenvalue weighted by Gasteiger charge is -2.04. The molecule has 17 heavy (non-hydrogen) atoms. The van der Waals surface area contributed by atoms with Crippen molar-refractivity contribution < 1.29 is 9.18 Å². The molecular formula is C11H7BrClFN2O. The SMILES string of the molecule is Cn1ncc(Cl)c1C(=O)c1ccc(Br)cc1F. The van der Waals surface area contributed by atoms with Gasteiger partial charge >= 0.3 is 0 Å². The van der Waals surface area contributed by atoms with Gasteiger partial charge in [-0.2, -0.15) is 5.10 Å². The van der Waals surface area contributed by atoms with Crippen LogP contribution in [0.15, 0.2) is 28.9 Å². The van der Waals surface area contributed by atoms with E-state index in [-0.39, 0.29) is 16.3 Å². The third kappa shape index (κ3) is 2.25. The summed E-state index contributed by atoms with van der Waals surface area (Å²) in [6, 6.07) is 4.24. The number of carbonyl (C=O) groups is 1. The quantitative estimate of drug-likeness (QED) is 0.797. The second-order valence-electron chi connectivity index (χ2n) is 3.42. The van der Waals surface area contributed by atoms with Crippen LogP contribution in [0.1, 0.15) is 16.1 Å². The van der Waals surface area contributed by atoms with Crippen LogP contribution in [0, 0.1) is 5.82 Å². The number of benzene rings is 1. The van der Waals surface area contributed by atoms with E-state index < -0.39 is 11.6 Å². The molecule has 1 aromatic heterocycles. The summed E-state index contributed by atoms with van der Waals surface area (Å²) in [5.41, 5.74) is 0.145. The molecule has 0 spiro atoms. The van der Waals surface area contributed by atoms with Gasteiger partial charge in [-0.15, -0.1) is 0 Å². The maximum atomic E-state index is 13.6. The summed E-state index contributed by atoms with van der Waals surface area (Å²) in [5, 5.41) is 4.05. The highest BCUT2D eigenvalue weighted by Gasteiger charge is 2.20. The molecule has 0 unspecified atom stereocenters. The molecule has 0 N–H and O–H groups in total. The number of hydrogen-bond donors (Lipinski definition) is 0. The van der Waals surface area contributed by atoms with E-state index in [1.54, 1.807) is 13.1 Å². The van der Waals surface area contributed by atoms with Gasteiger partial charge in [0.2, 0.25) is 5.78 Å². The van der Waals surface area contributed by atoms with Crippen LogP contribution in [0.25, 0.3) is 0 Å². The third-order valence-corrected chi connectivity index (χ3v) is 3.05. The third-order valence-electron chi connectivity index (χ3n) is 2.28. The van der Waals surface area contributed by atoms with Gasteiger partial charge in [-0.3, -0.25) is 9.48 Å². The van der Waals surface area contributed by atoms with Crippen molar-refractivity contribution in [3.05, 3.63) is 51.0 Å². The van der Waals surface area contributed by atoms with E-state index in [0.29, 0.717) is 4.47 Å². The Kier molecular flexibility index (Phi) is 3.31. The van der Waals surface area contributed by atoms with E-state index in [0.717, 1.165) is 0 Å². The van der Waals surface area contributed by atoms with Crippen molar-refractivity contribution in [2.24, 2.45) is 7.05 Å². The molecule has 1 heterocycles. The zero-order valence-electron chi connectivity index (χ0n) is 8.75. The van der Waals surface area contributed by atoms with Gasteiger partial charge < -0.3 is 0 Å². The van der Waals surface area contributed by atoms with Crippen molar-refractivity contribution in [1.82, 2.24) is 9.78 Å². The van der Waals surface area contributed by atoms with Gasteiger partial charge in [0.1, 0.15) is 11.5 Å². The number of aryl methyl sites for hydroxylation is 1. The molecule has 0 fully saturated rings. The molecule has 0 radical (unpaired) electrons. The first kappa shape index (κ1) is 12.3. The van der Waals surface area contributed by atoms with Crippen molar-refractivity contribution in [3.8, 4) is 0 Å². The van der Waals surface area contributed by atoms with Crippen LogP contribution in [0.2, 0.25) is 5.02 Å². The average molecular weight is 318 g/mol. The number of halogens is 3. The van der Waals surface area contributed by atoms with Gasteiger partial charge in [-0.1, -0.05) is 27.5 Å². The summed E-state index contributed by atoms with van der Waals surface area (Å²) < 4.78 is 15.5. The number of rotatable bonds is 2. The molecule has 3 nitrogen and oxygen atoms in total. The van der Waals surface area contributed by atoms with E-state index in [2.05, 4.69) is 21.0 Å². The Bertz CT molecular complexity index is 578. The predicted molar refractivity (Wildman–Crippen MR) is 65.8 cm³/mol. The fraction of sp³-hybridized carbons (Fsp3) is 0.0909. The fourth-order valence-electron chi connectivity index (χ4n) is 1.47. The minimum absolute atomic E-state index is 0.0290. The summed E-state index contributed by atoms with van der Waals surface area (Å²) >= 11 is 8.97. The first-order valence-electron chi connectivity index (χ1n) is 4.68. The van der Waals surface area contributed by atoms with Crippen LogP contribution in [0.4, 0.5) is 4.39 Å². The van der Waals surface area contributed by atoms with E-state index in [9.17, 15) is 9.18 Å². The Hall–Kier alpha value is -1.20. The molecule has 0 bridgehead atoms. The normalized spacial score (nSPS) is 10.6. The van der Waals surface area contributed by atoms with Gasteiger partial charge in [-0.05, 0) is 18.2 Å². The molecule has 0 atom stereocenters. The van der Waals surface area contributed by atoms with E-state index in [4.69, 9.17) is 11.6 Å². The molecule has 0 saturated heterocycles. The lowest BCUT2D eigenvalue weighted by Crippen LogP contribution is -2.10. The molecular weight excluding hydrogens is 310 g/mol. The standard InChI is InChI=1S/C11H7BrClFN2O/c1-16-10(8(13)5-15-16)11(17)7-3-2-6(12)4-9(7)14/h2-5H,1H3. The van der Waals surface area contributed by atoms with Crippen molar-refractivity contribution in [2.75, 3.05) is 0 Å². The highest BCUT2D eigenvalue weighted by molar-refractivity contribution is 9.10. The minimum atomic E-state index is -0.596. The summed E-state index contributed by atoms with van der Waals surface area (Å²) in [6.07, 6.45) is 1.35. The molecule has 0 aliphatic carbocycles.